The maximum Gasteiger partial charge on any atom is 0.264 e. The van der Waals surface area contributed by atoms with Gasteiger partial charge in [0.2, 0.25) is 0 Å². The van der Waals surface area contributed by atoms with Crippen LogP contribution in [0.25, 0.3) is 5.69 Å². The lowest BCUT2D eigenvalue weighted by atomic mass is 10.3. The summed E-state index contributed by atoms with van der Waals surface area (Å²) >= 11 is 0. The summed E-state index contributed by atoms with van der Waals surface area (Å²) in [6.45, 7) is 0. The Kier molecular flexibility index (Phi) is 3.87. The molecule has 0 fully saturated rings. The van der Waals surface area contributed by atoms with Crippen LogP contribution < -0.4 is 4.72 Å². The molecule has 1 aromatic heterocycles. The van der Waals surface area contributed by atoms with Gasteiger partial charge in [-0.15, -0.1) is 0 Å². The van der Waals surface area contributed by atoms with Crippen molar-refractivity contribution in [3.63, 3.8) is 0 Å². The van der Waals surface area contributed by atoms with Crippen molar-refractivity contribution in [2.75, 3.05) is 4.72 Å². The summed E-state index contributed by atoms with van der Waals surface area (Å²) in [7, 11) is -4.18. The standard InChI is InChI=1S/C16H12F2N2O2S/c17-12-7-8-16(13(18)11-12)23(21,22)19-14-5-1-2-6-15(14)20-9-3-4-10-20/h1-11,19H. The normalized spacial score (nSPS) is 11.4. The van der Waals surface area contributed by atoms with Crippen LogP contribution in [0, 0.1) is 11.6 Å². The predicted octanol–water partition coefficient (Wildman–Crippen LogP) is 3.56. The number of anilines is 1. The molecule has 0 spiro atoms. The van der Waals surface area contributed by atoms with E-state index in [0.29, 0.717) is 11.8 Å². The van der Waals surface area contributed by atoms with Gasteiger partial charge < -0.3 is 4.57 Å². The fraction of sp³-hybridized carbons (Fsp3) is 0. The molecule has 0 saturated heterocycles. The van der Waals surface area contributed by atoms with Gasteiger partial charge in [0.25, 0.3) is 10.0 Å². The Bertz CT molecular complexity index is 938. The zero-order valence-corrected chi connectivity index (χ0v) is 12.6. The minimum Gasteiger partial charge on any atom is -0.322 e. The lowest BCUT2D eigenvalue weighted by molar-refractivity contribution is 0.551. The molecule has 0 radical (unpaired) electrons. The van der Waals surface area contributed by atoms with Crippen molar-refractivity contribution >= 4 is 15.7 Å². The van der Waals surface area contributed by atoms with Gasteiger partial charge in [-0.2, -0.15) is 0 Å². The van der Waals surface area contributed by atoms with Crippen LogP contribution in [0.3, 0.4) is 0 Å². The average molecular weight is 334 g/mol. The van der Waals surface area contributed by atoms with Crippen molar-refractivity contribution in [2.45, 2.75) is 4.90 Å². The van der Waals surface area contributed by atoms with Gasteiger partial charge in [0, 0.05) is 18.5 Å². The Labute approximate surface area is 132 Å². The molecule has 4 nitrogen and oxygen atoms in total. The number of benzene rings is 2. The van der Waals surface area contributed by atoms with Crippen LogP contribution >= 0.6 is 0 Å². The van der Waals surface area contributed by atoms with Crippen LogP contribution in [0.1, 0.15) is 0 Å². The highest BCUT2D eigenvalue weighted by Gasteiger charge is 2.21. The van der Waals surface area contributed by atoms with Gasteiger partial charge in [-0.05, 0) is 36.4 Å². The predicted molar refractivity (Wildman–Crippen MR) is 82.9 cm³/mol. The molecule has 0 saturated carbocycles. The number of nitrogens with one attached hydrogen (secondary N) is 1. The maximum atomic E-state index is 13.8. The van der Waals surface area contributed by atoms with Crippen LogP contribution in [-0.2, 0) is 10.0 Å². The highest BCUT2D eigenvalue weighted by atomic mass is 32.2. The Morgan fingerprint density at radius 3 is 2.30 bits per heavy atom. The molecule has 0 unspecified atom stereocenters. The Morgan fingerprint density at radius 1 is 0.913 bits per heavy atom. The quantitative estimate of drug-likeness (QED) is 0.793. The molecule has 0 aliphatic carbocycles. The molecular formula is C16H12F2N2O2S. The summed E-state index contributed by atoms with van der Waals surface area (Å²) in [4.78, 5) is -0.610. The molecule has 0 bridgehead atoms. The lowest BCUT2D eigenvalue weighted by Crippen LogP contribution is -2.16. The van der Waals surface area contributed by atoms with Crippen molar-refractivity contribution in [3.8, 4) is 5.69 Å². The molecule has 3 rings (SSSR count). The Hall–Kier alpha value is -2.67. The lowest BCUT2D eigenvalue weighted by Gasteiger charge is -2.13. The van der Waals surface area contributed by atoms with Crippen LogP contribution in [0.5, 0.6) is 0 Å². The van der Waals surface area contributed by atoms with Crippen LogP contribution in [0.15, 0.2) is 71.9 Å². The smallest absolute Gasteiger partial charge is 0.264 e. The minimum atomic E-state index is -4.18. The molecule has 118 valence electrons. The molecule has 0 aliphatic rings. The van der Waals surface area contributed by atoms with Gasteiger partial charge in [-0.25, -0.2) is 17.2 Å². The van der Waals surface area contributed by atoms with E-state index in [4.69, 9.17) is 0 Å². The monoisotopic (exact) mass is 334 g/mol. The van der Waals surface area contributed by atoms with Gasteiger partial charge >= 0.3 is 0 Å². The zero-order chi connectivity index (χ0) is 16.4. The van der Waals surface area contributed by atoms with Gasteiger partial charge in [0.05, 0.1) is 11.4 Å². The summed E-state index contributed by atoms with van der Waals surface area (Å²) < 4.78 is 55.5. The van der Waals surface area contributed by atoms with Crippen LogP contribution in [0.4, 0.5) is 14.5 Å². The molecule has 7 heteroatoms. The molecule has 0 atom stereocenters. The topological polar surface area (TPSA) is 51.1 Å². The van der Waals surface area contributed by atoms with E-state index in [-0.39, 0.29) is 5.69 Å². The summed E-state index contributed by atoms with van der Waals surface area (Å²) in [6, 6.07) is 12.6. The van der Waals surface area contributed by atoms with Crippen LogP contribution in [-0.4, -0.2) is 13.0 Å². The molecular weight excluding hydrogens is 322 g/mol. The van der Waals surface area contributed by atoms with Gasteiger partial charge in [-0.3, -0.25) is 4.72 Å². The van der Waals surface area contributed by atoms with Gasteiger partial charge in [0.1, 0.15) is 16.5 Å². The van der Waals surface area contributed by atoms with Crippen molar-refractivity contribution in [3.05, 3.63) is 78.6 Å². The fourth-order valence-corrected chi connectivity index (χ4v) is 3.31. The highest BCUT2D eigenvalue weighted by molar-refractivity contribution is 7.92. The van der Waals surface area contributed by atoms with Crippen molar-refractivity contribution < 1.29 is 17.2 Å². The third-order valence-corrected chi connectivity index (χ3v) is 4.61. The van der Waals surface area contributed by atoms with E-state index < -0.39 is 26.6 Å². The molecule has 0 aliphatic heterocycles. The summed E-state index contributed by atoms with van der Waals surface area (Å²) in [5.41, 5.74) is 0.871. The van der Waals surface area contributed by atoms with E-state index in [1.807, 2.05) is 0 Å². The number of aromatic nitrogens is 1. The number of sulfonamides is 1. The van der Waals surface area contributed by atoms with E-state index >= 15 is 0 Å². The first kappa shape index (κ1) is 15.2. The Morgan fingerprint density at radius 2 is 1.61 bits per heavy atom. The first-order valence-electron chi connectivity index (χ1n) is 6.67. The second kappa shape index (κ2) is 5.85. The number of nitrogens with zero attached hydrogens (tertiary/aromatic N) is 1. The highest BCUT2D eigenvalue weighted by Crippen LogP contribution is 2.24. The number of halogens is 2. The summed E-state index contributed by atoms with van der Waals surface area (Å²) in [6.07, 6.45) is 3.51. The number of rotatable bonds is 4. The van der Waals surface area contributed by atoms with Crippen molar-refractivity contribution in [1.82, 2.24) is 4.57 Å². The van der Waals surface area contributed by atoms with Crippen LogP contribution in [0.2, 0.25) is 0 Å². The van der Waals surface area contributed by atoms with E-state index in [1.165, 1.54) is 0 Å². The molecule has 1 N–H and O–H groups in total. The van der Waals surface area contributed by atoms with Crippen molar-refractivity contribution in [1.29, 1.82) is 0 Å². The van der Waals surface area contributed by atoms with E-state index in [0.717, 1.165) is 12.1 Å². The molecule has 0 amide bonds. The fourth-order valence-electron chi connectivity index (χ4n) is 2.17. The molecule has 23 heavy (non-hydrogen) atoms. The number of para-hydroxylation sites is 2. The largest absolute Gasteiger partial charge is 0.322 e. The van der Waals surface area contributed by atoms with Gasteiger partial charge in [-0.1, -0.05) is 12.1 Å². The second-order valence-electron chi connectivity index (χ2n) is 4.79. The summed E-state index contributed by atoms with van der Waals surface area (Å²) in [5.74, 6) is -1.98. The minimum absolute atomic E-state index is 0.285. The van der Waals surface area contributed by atoms with E-state index in [2.05, 4.69) is 4.72 Å². The first-order chi connectivity index (χ1) is 11.0. The summed E-state index contributed by atoms with van der Waals surface area (Å²) in [5, 5.41) is 0. The Balaban J connectivity index is 2.02. The number of hydrogen-bond acceptors (Lipinski definition) is 2. The third-order valence-electron chi connectivity index (χ3n) is 3.21. The van der Waals surface area contributed by atoms with Crippen molar-refractivity contribution in [2.24, 2.45) is 0 Å². The van der Waals surface area contributed by atoms with Gasteiger partial charge in [0.15, 0.2) is 0 Å². The average Bonchev–Trinajstić information content (AvgIpc) is 3.01. The third kappa shape index (κ3) is 3.09. The molecule has 3 aromatic rings. The maximum absolute atomic E-state index is 13.8. The van der Waals surface area contributed by atoms with E-state index in [9.17, 15) is 17.2 Å². The SMILES string of the molecule is O=S(=O)(Nc1ccccc1-n1cccc1)c1ccc(F)cc1F. The zero-order valence-electron chi connectivity index (χ0n) is 11.8. The second-order valence-corrected chi connectivity index (χ2v) is 6.44. The molecule has 1 heterocycles. The molecule has 2 aromatic carbocycles. The number of hydrogen-bond donors (Lipinski definition) is 1. The first-order valence-corrected chi connectivity index (χ1v) is 8.16. The van der Waals surface area contributed by atoms with E-state index in [1.54, 1.807) is 53.4 Å².